The van der Waals surface area contributed by atoms with Crippen LogP contribution in [0.3, 0.4) is 0 Å². The molecular formula is C25H40O2. The Morgan fingerprint density at radius 3 is 1.81 bits per heavy atom. The molecule has 2 rings (SSSR count). The second-order valence-corrected chi connectivity index (χ2v) is 8.53. The van der Waals surface area contributed by atoms with Crippen LogP contribution in [0.15, 0.2) is 24.3 Å². The van der Waals surface area contributed by atoms with Crippen molar-refractivity contribution >= 4 is 5.78 Å². The van der Waals surface area contributed by atoms with Crippen molar-refractivity contribution in [2.45, 2.75) is 103 Å². The summed E-state index contributed by atoms with van der Waals surface area (Å²) in [5, 5.41) is 9.41. The molecule has 1 aliphatic rings. The average Bonchev–Trinajstić information content (AvgIpc) is 3.51. The summed E-state index contributed by atoms with van der Waals surface area (Å²) in [4.78, 5) is 12.8. The Kier molecular flexibility index (Phi) is 10.6. The van der Waals surface area contributed by atoms with Crippen LogP contribution in [-0.4, -0.2) is 10.9 Å². The highest BCUT2D eigenvalue weighted by molar-refractivity contribution is 5.98. The molecule has 0 aliphatic heterocycles. The number of phenolic OH excluding ortho intramolecular Hbond substituents is 1. The van der Waals surface area contributed by atoms with Crippen LogP contribution in [0.4, 0.5) is 0 Å². The Morgan fingerprint density at radius 1 is 0.852 bits per heavy atom. The maximum Gasteiger partial charge on any atom is 0.166 e. The van der Waals surface area contributed by atoms with Crippen LogP contribution in [0.1, 0.15) is 114 Å². The molecule has 27 heavy (non-hydrogen) atoms. The SMILES string of the molecule is CCCCCCCCCCCCCCC(C(=O)c1ccc(O)cc1)C1CC1. The van der Waals surface area contributed by atoms with Crippen LogP contribution in [-0.2, 0) is 0 Å². The Morgan fingerprint density at radius 2 is 1.33 bits per heavy atom. The summed E-state index contributed by atoms with van der Waals surface area (Å²) < 4.78 is 0. The topological polar surface area (TPSA) is 37.3 Å². The van der Waals surface area contributed by atoms with Crippen LogP contribution in [0.5, 0.6) is 5.75 Å². The van der Waals surface area contributed by atoms with E-state index in [4.69, 9.17) is 0 Å². The zero-order valence-electron chi connectivity index (χ0n) is 17.4. The second kappa shape index (κ2) is 13.0. The Bertz CT molecular complexity index is 516. The third kappa shape index (κ3) is 8.95. The molecule has 0 spiro atoms. The summed E-state index contributed by atoms with van der Waals surface area (Å²) in [6, 6.07) is 6.80. The number of benzene rings is 1. The standard InChI is InChI=1S/C25H40O2/c1-2-3-4-5-6-7-8-9-10-11-12-13-14-24(21-15-16-21)25(27)22-17-19-23(26)20-18-22/h17-21,24,26H,2-16H2,1H3. The molecule has 1 aromatic rings. The molecule has 1 aliphatic carbocycles. The number of carbonyl (C=O) groups excluding carboxylic acids is 1. The lowest BCUT2D eigenvalue weighted by Gasteiger charge is -2.15. The molecular weight excluding hydrogens is 332 g/mol. The second-order valence-electron chi connectivity index (χ2n) is 8.53. The van der Waals surface area contributed by atoms with Crippen molar-refractivity contribution < 1.29 is 9.90 Å². The lowest BCUT2D eigenvalue weighted by molar-refractivity contribution is 0.0894. The first-order valence-electron chi connectivity index (χ1n) is 11.6. The smallest absolute Gasteiger partial charge is 0.166 e. The number of carbonyl (C=O) groups is 1. The highest BCUT2D eigenvalue weighted by Gasteiger charge is 2.35. The quantitative estimate of drug-likeness (QED) is 0.238. The summed E-state index contributed by atoms with van der Waals surface area (Å²) in [6.45, 7) is 2.27. The van der Waals surface area contributed by atoms with Gasteiger partial charge in [0.15, 0.2) is 5.78 Å². The lowest BCUT2D eigenvalue weighted by atomic mass is 9.88. The average molecular weight is 373 g/mol. The molecule has 1 N–H and O–H groups in total. The van der Waals surface area contributed by atoms with Crippen LogP contribution < -0.4 is 0 Å². The maximum absolute atomic E-state index is 12.8. The number of ketones is 1. The van der Waals surface area contributed by atoms with E-state index in [9.17, 15) is 9.90 Å². The zero-order chi connectivity index (χ0) is 19.3. The number of aromatic hydroxyl groups is 1. The monoisotopic (exact) mass is 372 g/mol. The zero-order valence-corrected chi connectivity index (χ0v) is 17.4. The minimum atomic E-state index is 0.206. The van der Waals surface area contributed by atoms with E-state index in [0.29, 0.717) is 11.7 Å². The third-order valence-corrected chi connectivity index (χ3v) is 6.05. The first-order valence-corrected chi connectivity index (χ1v) is 11.6. The molecule has 0 bridgehead atoms. The highest BCUT2D eigenvalue weighted by Crippen LogP contribution is 2.41. The van der Waals surface area contributed by atoms with E-state index >= 15 is 0 Å². The van der Waals surface area contributed by atoms with Crippen LogP contribution in [0, 0.1) is 11.8 Å². The highest BCUT2D eigenvalue weighted by atomic mass is 16.3. The fourth-order valence-corrected chi connectivity index (χ4v) is 4.12. The predicted octanol–water partition coefficient (Wildman–Crippen LogP) is 7.69. The van der Waals surface area contributed by atoms with Gasteiger partial charge in [-0.25, -0.2) is 0 Å². The van der Waals surface area contributed by atoms with Gasteiger partial charge in [0.25, 0.3) is 0 Å². The largest absolute Gasteiger partial charge is 0.508 e. The van der Waals surface area contributed by atoms with Crippen molar-refractivity contribution in [2.24, 2.45) is 11.8 Å². The number of phenols is 1. The molecule has 2 nitrogen and oxygen atoms in total. The number of rotatable bonds is 16. The van der Waals surface area contributed by atoms with Gasteiger partial charge in [0, 0.05) is 11.5 Å². The van der Waals surface area contributed by atoms with Crippen molar-refractivity contribution in [3.05, 3.63) is 29.8 Å². The van der Waals surface area contributed by atoms with Gasteiger partial charge in [-0.15, -0.1) is 0 Å². The van der Waals surface area contributed by atoms with Crippen LogP contribution in [0.25, 0.3) is 0 Å². The molecule has 0 amide bonds. The van der Waals surface area contributed by atoms with Crippen molar-refractivity contribution in [1.82, 2.24) is 0 Å². The molecule has 1 atom stereocenters. The summed E-state index contributed by atoms with van der Waals surface area (Å²) in [5.41, 5.74) is 0.767. The third-order valence-electron chi connectivity index (χ3n) is 6.05. The molecule has 0 heterocycles. The van der Waals surface area contributed by atoms with E-state index in [1.165, 1.54) is 89.9 Å². The Labute approximate surface area is 166 Å². The van der Waals surface area contributed by atoms with Gasteiger partial charge in [-0.2, -0.15) is 0 Å². The molecule has 1 unspecified atom stereocenters. The molecule has 1 saturated carbocycles. The first-order chi connectivity index (χ1) is 13.2. The Hall–Kier alpha value is -1.31. The van der Waals surface area contributed by atoms with Crippen molar-refractivity contribution in [2.75, 3.05) is 0 Å². The van der Waals surface area contributed by atoms with Crippen molar-refractivity contribution in [1.29, 1.82) is 0 Å². The van der Waals surface area contributed by atoms with Gasteiger partial charge in [0.2, 0.25) is 0 Å². The minimum absolute atomic E-state index is 0.206. The van der Waals surface area contributed by atoms with Gasteiger partial charge in [-0.1, -0.05) is 84.0 Å². The molecule has 1 aromatic carbocycles. The number of hydrogen-bond acceptors (Lipinski definition) is 2. The van der Waals surface area contributed by atoms with Gasteiger partial charge in [-0.3, -0.25) is 4.79 Å². The van der Waals surface area contributed by atoms with E-state index in [1.807, 2.05) is 0 Å². The fourth-order valence-electron chi connectivity index (χ4n) is 4.12. The van der Waals surface area contributed by atoms with Gasteiger partial charge >= 0.3 is 0 Å². The lowest BCUT2D eigenvalue weighted by Crippen LogP contribution is -2.17. The molecule has 0 aromatic heterocycles. The van der Waals surface area contributed by atoms with Crippen LogP contribution >= 0.6 is 0 Å². The van der Waals surface area contributed by atoms with Crippen LogP contribution in [0.2, 0.25) is 0 Å². The van der Waals surface area contributed by atoms with E-state index in [0.717, 1.165) is 12.0 Å². The first kappa shape index (κ1) is 22.0. The van der Waals surface area contributed by atoms with E-state index < -0.39 is 0 Å². The van der Waals surface area contributed by atoms with Gasteiger partial charge in [-0.05, 0) is 49.4 Å². The summed E-state index contributed by atoms with van der Waals surface area (Å²) >= 11 is 0. The van der Waals surface area contributed by atoms with Crippen molar-refractivity contribution in [3.63, 3.8) is 0 Å². The minimum Gasteiger partial charge on any atom is -0.508 e. The fraction of sp³-hybridized carbons (Fsp3) is 0.720. The molecule has 1 fully saturated rings. The normalized spacial score (nSPS) is 15.0. The van der Waals surface area contributed by atoms with Gasteiger partial charge in [0.1, 0.15) is 5.75 Å². The van der Waals surface area contributed by atoms with Crippen molar-refractivity contribution in [3.8, 4) is 5.75 Å². The predicted molar refractivity (Wildman–Crippen MR) is 114 cm³/mol. The summed E-state index contributed by atoms with van der Waals surface area (Å²) in [6.07, 6.45) is 19.8. The van der Waals surface area contributed by atoms with E-state index in [-0.39, 0.29) is 11.7 Å². The summed E-state index contributed by atoms with van der Waals surface area (Å²) in [7, 11) is 0. The van der Waals surface area contributed by atoms with E-state index in [1.54, 1.807) is 24.3 Å². The maximum atomic E-state index is 12.8. The number of hydrogen-bond donors (Lipinski definition) is 1. The van der Waals surface area contributed by atoms with Gasteiger partial charge < -0.3 is 5.11 Å². The summed E-state index contributed by atoms with van der Waals surface area (Å²) in [5.74, 6) is 1.34. The molecule has 0 saturated heterocycles. The molecule has 0 radical (unpaired) electrons. The number of Topliss-reactive ketones (excluding diaryl/α,β-unsaturated/α-hetero) is 1. The molecule has 2 heteroatoms. The van der Waals surface area contributed by atoms with Gasteiger partial charge in [0.05, 0.1) is 0 Å². The van der Waals surface area contributed by atoms with E-state index in [2.05, 4.69) is 6.92 Å². The Balaban J connectivity index is 1.53. The molecule has 152 valence electrons. The number of unbranched alkanes of at least 4 members (excludes halogenated alkanes) is 11.